The van der Waals surface area contributed by atoms with Crippen molar-refractivity contribution >= 4 is 21.4 Å². The summed E-state index contributed by atoms with van der Waals surface area (Å²) in [6, 6.07) is 14.5. The predicted molar refractivity (Wildman–Crippen MR) is 107 cm³/mol. The van der Waals surface area contributed by atoms with Gasteiger partial charge in [-0.15, -0.1) is 10.2 Å². The molecule has 0 aliphatic heterocycles. The second kappa shape index (κ2) is 7.41. The molecule has 0 radical (unpaired) electrons. The average molecular weight is 430 g/mol. The van der Waals surface area contributed by atoms with Crippen LogP contribution in [-0.4, -0.2) is 33.3 Å². The van der Waals surface area contributed by atoms with Crippen molar-refractivity contribution < 1.29 is 12.9 Å². The predicted octanol–water partition coefficient (Wildman–Crippen LogP) is 3.47. The van der Waals surface area contributed by atoms with Gasteiger partial charge in [0.05, 0.1) is 10.6 Å². The van der Waals surface area contributed by atoms with E-state index in [0.717, 1.165) is 11.1 Å². The molecule has 0 amide bonds. The van der Waals surface area contributed by atoms with Crippen molar-refractivity contribution in [2.45, 2.75) is 17.8 Å². The van der Waals surface area contributed by atoms with Crippen molar-refractivity contribution in [1.82, 2.24) is 24.9 Å². The highest BCUT2D eigenvalue weighted by atomic mass is 35.5. The van der Waals surface area contributed by atoms with Gasteiger partial charge in [0, 0.05) is 12.6 Å². The molecule has 0 N–H and O–H groups in total. The second-order valence-corrected chi connectivity index (χ2v) is 8.78. The maximum Gasteiger partial charge on any atom is 0.259 e. The summed E-state index contributed by atoms with van der Waals surface area (Å²) in [7, 11) is -2.24. The van der Waals surface area contributed by atoms with E-state index in [1.807, 2.05) is 31.2 Å². The van der Waals surface area contributed by atoms with Gasteiger partial charge in [0.15, 0.2) is 11.6 Å². The maximum atomic E-state index is 12.9. The number of halogens is 1. The molecule has 8 nitrogen and oxygen atoms in total. The Balaban J connectivity index is 1.62. The SMILES string of the molecule is Cc1ccc(-c2nnc(S(=O)(=O)Cc3noc(-c4ccccc4Cl)n3)n2C)cc1. The van der Waals surface area contributed by atoms with Crippen molar-refractivity contribution in [2.24, 2.45) is 7.05 Å². The molecule has 2 aromatic carbocycles. The number of sulfone groups is 1. The quantitative estimate of drug-likeness (QED) is 0.478. The maximum absolute atomic E-state index is 12.9. The van der Waals surface area contributed by atoms with Gasteiger partial charge in [-0.3, -0.25) is 0 Å². The lowest BCUT2D eigenvalue weighted by atomic mass is 10.1. The van der Waals surface area contributed by atoms with E-state index >= 15 is 0 Å². The fraction of sp³-hybridized carbons (Fsp3) is 0.158. The van der Waals surface area contributed by atoms with Gasteiger partial charge < -0.3 is 9.09 Å². The Morgan fingerprint density at radius 2 is 1.79 bits per heavy atom. The summed E-state index contributed by atoms with van der Waals surface area (Å²) in [5, 5.41) is 11.9. The molecule has 2 aromatic heterocycles. The number of aromatic nitrogens is 5. The summed E-state index contributed by atoms with van der Waals surface area (Å²) < 4.78 is 32.3. The molecule has 2 heterocycles. The van der Waals surface area contributed by atoms with Gasteiger partial charge in [0.1, 0.15) is 5.75 Å². The summed E-state index contributed by atoms with van der Waals surface area (Å²) in [4.78, 5) is 4.16. The minimum atomic E-state index is -3.85. The molecule has 4 aromatic rings. The zero-order chi connectivity index (χ0) is 20.6. The van der Waals surface area contributed by atoms with Crippen LogP contribution in [0.4, 0.5) is 0 Å². The Hall–Kier alpha value is -3.04. The molecule has 29 heavy (non-hydrogen) atoms. The first kappa shape index (κ1) is 19.3. The summed E-state index contributed by atoms with van der Waals surface area (Å²) >= 11 is 6.12. The van der Waals surface area contributed by atoms with Crippen molar-refractivity contribution in [3.8, 4) is 22.8 Å². The van der Waals surface area contributed by atoms with Gasteiger partial charge in [0.2, 0.25) is 15.0 Å². The lowest BCUT2D eigenvalue weighted by Gasteiger charge is -2.04. The molecule has 0 saturated heterocycles. The standard InChI is InChI=1S/C19H16ClN5O3S/c1-12-7-9-13(10-8-12)17-22-23-19(25(17)2)29(26,27)11-16-21-18(28-24-16)14-5-3-4-6-15(14)20/h3-10H,11H2,1-2H3. The third-order valence-corrected chi connectivity index (χ3v) is 6.19. The summed E-state index contributed by atoms with van der Waals surface area (Å²) in [6.45, 7) is 1.97. The average Bonchev–Trinajstić information content (AvgIpc) is 3.29. The molecule has 0 atom stereocenters. The van der Waals surface area contributed by atoms with E-state index < -0.39 is 15.6 Å². The Morgan fingerprint density at radius 1 is 1.07 bits per heavy atom. The lowest BCUT2D eigenvalue weighted by molar-refractivity contribution is 0.424. The minimum Gasteiger partial charge on any atom is -0.334 e. The molecule has 0 aliphatic carbocycles. The monoisotopic (exact) mass is 429 g/mol. The molecule has 0 spiro atoms. The zero-order valence-electron chi connectivity index (χ0n) is 15.6. The second-order valence-electron chi connectivity index (χ2n) is 6.49. The highest BCUT2D eigenvalue weighted by Gasteiger charge is 2.26. The number of aryl methyl sites for hydroxylation is 1. The zero-order valence-corrected chi connectivity index (χ0v) is 17.1. The van der Waals surface area contributed by atoms with Gasteiger partial charge in [0.25, 0.3) is 5.89 Å². The number of benzene rings is 2. The number of hydrogen-bond donors (Lipinski definition) is 0. The minimum absolute atomic E-state index is 0.0137. The molecule has 0 aliphatic rings. The highest BCUT2D eigenvalue weighted by Crippen LogP contribution is 2.27. The van der Waals surface area contributed by atoms with Gasteiger partial charge in [-0.05, 0) is 19.1 Å². The summed E-state index contributed by atoms with van der Waals surface area (Å²) in [5.41, 5.74) is 2.40. The molecular weight excluding hydrogens is 414 g/mol. The summed E-state index contributed by atoms with van der Waals surface area (Å²) in [5.74, 6) is 0.147. The number of hydrogen-bond acceptors (Lipinski definition) is 7. The Morgan fingerprint density at radius 3 is 2.52 bits per heavy atom. The van der Waals surface area contributed by atoms with Gasteiger partial charge in [-0.25, -0.2) is 8.42 Å². The third kappa shape index (κ3) is 3.79. The van der Waals surface area contributed by atoms with E-state index in [9.17, 15) is 8.42 Å². The van der Waals surface area contributed by atoms with Crippen LogP contribution in [-0.2, 0) is 22.6 Å². The molecule has 0 fully saturated rings. The van der Waals surface area contributed by atoms with Crippen LogP contribution in [0.15, 0.2) is 58.2 Å². The third-order valence-electron chi connectivity index (χ3n) is 4.31. The van der Waals surface area contributed by atoms with Crippen LogP contribution in [0.1, 0.15) is 11.4 Å². The van der Waals surface area contributed by atoms with E-state index in [0.29, 0.717) is 16.4 Å². The van der Waals surface area contributed by atoms with E-state index in [1.165, 1.54) is 4.57 Å². The normalized spacial score (nSPS) is 11.7. The Kier molecular flexibility index (Phi) is 4.93. The molecule has 0 bridgehead atoms. The van der Waals surface area contributed by atoms with Crippen LogP contribution >= 0.6 is 11.6 Å². The largest absolute Gasteiger partial charge is 0.334 e. The van der Waals surface area contributed by atoms with Gasteiger partial charge in [-0.1, -0.05) is 58.7 Å². The molecule has 148 valence electrons. The van der Waals surface area contributed by atoms with Crippen LogP contribution in [0.2, 0.25) is 5.02 Å². The molecule has 10 heteroatoms. The number of nitrogens with zero attached hydrogens (tertiary/aromatic N) is 5. The van der Waals surface area contributed by atoms with Gasteiger partial charge >= 0.3 is 0 Å². The van der Waals surface area contributed by atoms with E-state index in [2.05, 4.69) is 20.3 Å². The van der Waals surface area contributed by atoms with Crippen LogP contribution < -0.4 is 0 Å². The smallest absolute Gasteiger partial charge is 0.259 e. The Bertz CT molecular complexity index is 1280. The van der Waals surface area contributed by atoms with Crippen LogP contribution in [0.5, 0.6) is 0 Å². The first-order chi connectivity index (χ1) is 13.8. The lowest BCUT2D eigenvalue weighted by Crippen LogP contribution is -2.12. The molecule has 0 unspecified atom stereocenters. The van der Waals surface area contributed by atoms with Crippen LogP contribution in [0.25, 0.3) is 22.8 Å². The fourth-order valence-electron chi connectivity index (χ4n) is 2.83. The van der Waals surface area contributed by atoms with Crippen LogP contribution in [0, 0.1) is 6.92 Å². The summed E-state index contributed by atoms with van der Waals surface area (Å²) in [6.07, 6.45) is 0. The van der Waals surface area contributed by atoms with Crippen molar-refractivity contribution in [2.75, 3.05) is 0 Å². The topological polar surface area (TPSA) is 104 Å². The van der Waals surface area contributed by atoms with Crippen molar-refractivity contribution in [3.63, 3.8) is 0 Å². The van der Waals surface area contributed by atoms with E-state index in [-0.39, 0.29) is 16.9 Å². The molecule has 0 saturated carbocycles. The van der Waals surface area contributed by atoms with E-state index in [1.54, 1.807) is 31.3 Å². The number of rotatable bonds is 5. The first-order valence-corrected chi connectivity index (χ1v) is 10.6. The highest BCUT2D eigenvalue weighted by molar-refractivity contribution is 7.90. The van der Waals surface area contributed by atoms with E-state index in [4.69, 9.17) is 16.1 Å². The van der Waals surface area contributed by atoms with Crippen molar-refractivity contribution in [1.29, 1.82) is 0 Å². The van der Waals surface area contributed by atoms with Crippen LogP contribution in [0.3, 0.4) is 0 Å². The Labute approximate surface area is 172 Å². The first-order valence-electron chi connectivity index (χ1n) is 8.62. The van der Waals surface area contributed by atoms with Crippen molar-refractivity contribution in [3.05, 3.63) is 64.9 Å². The molecular formula is C19H16ClN5O3S. The van der Waals surface area contributed by atoms with Gasteiger partial charge in [-0.2, -0.15) is 4.98 Å². The fourth-order valence-corrected chi connectivity index (χ4v) is 4.30. The molecule has 4 rings (SSSR count).